The maximum Gasteiger partial charge on any atom is 0.273 e. The number of nitro benzene ring substituents is 1. The summed E-state index contributed by atoms with van der Waals surface area (Å²) in [5.74, 6) is -1.09. The Hall–Kier alpha value is -1.55. The van der Waals surface area contributed by atoms with Crippen LogP contribution >= 0.6 is 11.6 Å². The van der Waals surface area contributed by atoms with E-state index >= 15 is 0 Å². The molecule has 0 fully saturated rings. The molecule has 0 saturated heterocycles. The van der Waals surface area contributed by atoms with E-state index in [4.69, 9.17) is 16.3 Å². The van der Waals surface area contributed by atoms with Gasteiger partial charge in [-0.2, -0.15) is 4.72 Å². The van der Waals surface area contributed by atoms with Gasteiger partial charge >= 0.3 is 0 Å². The fourth-order valence-electron chi connectivity index (χ4n) is 1.59. The molecule has 1 unspecified atom stereocenters. The van der Waals surface area contributed by atoms with Crippen LogP contribution in [0.15, 0.2) is 23.1 Å². The molecular formula is C12H15ClN2O6S. The van der Waals surface area contributed by atoms with E-state index in [1.807, 2.05) is 4.72 Å². The van der Waals surface area contributed by atoms with E-state index < -0.39 is 32.8 Å². The van der Waals surface area contributed by atoms with E-state index in [2.05, 4.69) is 0 Å². The smallest absolute Gasteiger partial charge is 0.273 e. The summed E-state index contributed by atoms with van der Waals surface area (Å²) in [4.78, 5) is 21.4. The number of benzene rings is 1. The average Bonchev–Trinajstić information content (AvgIpc) is 2.45. The van der Waals surface area contributed by atoms with Gasteiger partial charge in [-0.25, -0.2) is 8.42 Å². The van der Waals surface area contributed by atoms with Crippen molar-refractivity contribution in [3.8, 4) is 0 Å². The van der Waals surface area contributed by atoms with Crippen LogP contribution in [-0.4, -0.2) is 37.8 Å². The van der Waals surface area contributed by atoms with Gasteiger partial charge in [-0.1, -0.05) is 6.07 Å². The number of Topliss-reactive ketones (excluding diaryl/α,β-unsaturated/α-hetero) is 1. The van der Waals surface area contributed by atoms with Crippen LogP contribution in [0.25, 0.3) is 0 Å². The first-order chi connectivity index (χ1) is 10.2. The maximum absolute atomic E-state index is 12.2. The van der Waals surface area contributed by atoms with Crippen LogP contribution in [0.5, 0.6) is 0 Å². The summed E-state index contributed by atoms with van der Waals surface area (Å²) in [6, 6.07) is 3.44. The van der Waals surface area contributed by atoms with E-state index in [0.29, 0.717) is 5.56 Å². The molecule has 0 aliphatic rings. The first-order valence-corrected chi connectivity index (χ1v) is 8.22. The number of rotatable bonds is 8. The molecule has 10 heteroatoms. The molecule has 1 atom stereocenters. The average molecular weight is 351 g/mol. The van der Waals surface area contributed by atoms with Gasteiger partial charge < -0.3 is 4.74 Å². The van der Waals surface area contributed by atoms with Gasteiger partial charge in [-0.05, 0) is 19.9 Å². The summed E-state index contributed by atoms with van der Waals surface area (Å²) in [5.41, 5.74) is -0.0124. The first-order valence-electron chi connectivity index (χ1n) is 6.20. The lowest BCUT2D eigenvalue weighted by atomic mass is 10.2. The molecule has 0 aliphatic heterocycles. The highest BCUT2D eigenvalue weighted by atomic mass is 35.5. The third-order valence-electron chi connectivity index (χ3n) is 2.71. The topological polar surface area (TPSA) is 116 Å². The van der Waals surface area contributed by atoms with Gasteiger partial charge in [0.1, 0.15) is 0 Å². The number of carbonyl (C=O) groups excluding carboxylic acids is 1. The minimum Gasteiger partial charge on any atom is -0.355 e. The Balaban J connectivity index is 3.15. The van der Waals surface area contributed by atoms with Crippen LogP contribution in [-0.2, 0) is 19.6 Å². The number of nitrogens with one attached hydrogen (secondary N) is 1. The van der Waals surface area contributed by atoms with Crippen LogP contribution < -0.4 is 4.72 Å². The van der Waals surface area contributed by atoms with Crippen LogP contribution in [0.1, 0.15) is 12.5 Å². The summed E-state index contributed by atoms with van der Waals surface area (Å²) >= 11 is 5.39. The molecule has 1 aromatic rings. The summed E-state index contributed by atoms with van der Waals surface area (Å²) in [5, 5.41) is 10.9. The predicted octanol–water partition coefficient (Wildman–Crippen LogP) is 1.35. The Kier molecular flexibility index (Phi) is 6.42. The number of ether oxygens (including phenoxy) is 1. The number of alkyl halides is 1. The molecule has 1 rings (SSSR count). The third-order valence-corrected chi connectivity index (χ3v) is 4.37. The van der Waals surface area contributed by atoms with Crippen molar-refractivity contribution in [3.63, 3.8) is 0 Å². The standard InChI is InChI=1S/C12H15ClN2O6S/c1-3-21-12(11(16)7-13)14-22(19,20)9-5-4-8(2)10(6-9)15(17)18/h4-6,12,14H,3,7H2,1-2H3. The van der Waals surface area contributed by atoms with Crippen LogP contribution in [0.4, 0.5) is 5.69 Å². The number of carbonyl (C=O) groups is 1. The van der Waals surface area contributed by atoms with Crippen molar-refractivity contribution >= 4 is 33.1 Å². The van der Waals surface area contributed by atoms with Gasteiger partial charge in [0.15, 0.2) is 12.0 Å². The molecule has 0 heterocycles. The van der Waals surface area contributed by atoms with Crippen molar-refractivity contribution in [2.24, 2.45) is 0 Å². The molecule has 0 aliphatic carbocycles. The predicted molar refractivity (Wildman–Crippen MR) is 79.3 cm³/mol. The third kappa shape index (κ3) is 4.47. The minimum atomic E-state index is -4.17. The van der Waals surface area contributed by atoms with Crippen LogP contribution in [0.2, 0.25) is 0 Å². The highest BCUT2D eigenvalue weighted by Crippen LogP contribution is 2.22. The van der Waals surface area contributed by atoms with Gasteiger partial charge in [-0.3, -0.25) is 14.9 Å². The molecular weight excluding hydrogens is 336 g/mol. The molecule has 0 bridgehead atoms. The van der Waals surface area contributed by atoms with E-state index in [0.717, 1.165) is 6.07 Å². The Morgan fingerprint density at radius 2 is 2.14 bits per heavy atom. The van der Waals surface area contributed by atoms with Crippen LogP contribution in [0, 0.1) is 17.0 Å². The number of ketones is 1. The Labute approximate surface area is 132 Å². The van der Waals surface area contributed by atoms with E-state index in [-0.39, 0.29) is 17.2 Å². The van der Waals surface area contributed by atoms with E-state index in [9.17, 15) is 23.3 Å². The largest absolute Gasteiger partial charge is 0.355 e. The lowest BCUT2D eigenvalue weighted by Gasteiger charge is -2.16. The van der Waals surface area contributed by atoms with Crippen molar-refractivity contribution in [1.29, 1.82) is 0 Å². The molecule has 122 valence electrons. The molecule has 0 aromatic heterocycles. The number of nitrogens with zero attached hydrogens (tertiary/aromatic N) is 1. The number of halogens is 1. The molecule has 0 amide bonds. The summed E-state index contributed by atoms with van der Waals surface area (Å²) in [7, 11) is -4.17. The van der Waals surface area contributed by atoms with Gasteiger partial charge in [-0.15, -0.1) is 11.6 Å². The monoisotopic (exact) mass is 350 g/mol. The van der Waals surface area contributed by atoms with Crippen molar-refractivity contribution < 1.29 is 22.9 Å². The molecule has 8 nitrogen and oxygen atoms in total. The molecule has 1 aromatic carbocycles. The second-order valence-electron chi connectivity index (χ2n) is 4.26. The number of sulfonamides is 1. The Bertz CT molecular complexity index is 676. The second kappa shape index (κ2) is 7.63. The summed E-state index contributed by atoms with van der Waals surface area (Å²) in [6.45, 7) is 3.16. The maximum atomic E-state index is 12.2. The van der Waals surface area contributed by atoms with Gasteiger partial charge in [0.05, 0.1) is 15.7 Å². The SMILES string of the molecule is CCOC(NS(=O)(=O)c1ccc(C)c([N+](=O)[O-])c1)C(=O)CCl. The van der Waals surface area contributed by atoms with Gasteiger partial charge in [0.25, 0.3) is 5.69 Å². The zero-order chi connectivity index (χ0) is 16.9. The number of aryl methyl sites for hydroxylation is 1. The minimum absolute atomic E-state index is 0.0872. The number of nitro groups is 1. The highest BCUT2D eigenvalue weighted by Gasteiger charge is 2.27. The molecule has 0 spiro atoms. The quantitative estimate of drug-likeness (QED) is 0.327. The highest BCUT2D eigenvalue weighted by molar-refractivity contribution is 7.89. The second-order valence-corrected chi connectivity index (χ2v) is 6.24. The van der Waals surface area contributed by atoms with Crippen molar-refractivity contribution in [2.75, 3.05) is 12.5 Å². The lowest BCUT2D eigenvalue weighted by Crippen LogP contribution is -2.43. The van der Waals surface area contributed by atoms with Crippen molar-refractivity contribution in [3.05, 3.63) is 33.9 Å². The normalized spacial score (nSPS) is 12.9. The summed E-state index contributed by atoms with van der Waals surface area (Å²) in [6.07, 6.45) is -1.44. The molecule has 1 N–H and O–H groups in total. The zero-order valence-corrected chi connectivity index (χ0v) is 13.5. The van der Waals surface area contributed by atoms with Crippen molar-refractivity contribution in [2.45, 2.75) is 25.0 Å². The van der Waals surface area contributed by atoms with E-state index in [1.165, 1.54) is 19.1 Å². The fraction of sp³-hybridized carbons (Fsp3) is 0.417. The lowest BCUT2D eigenvalue weighted by molar-refractivity contribution is -0.385. The van der Waals surface area contributed by atoms with Gasteiger partial charge in [0.2, 0.25) is 10.0 Å². The Morgan fingerprint density at radius 3 is 2.64 bits per heavy atom. The van der Waals surface area contributed by atoms with Crippen molar-refractivity contribution in [1.82, 2.24) is 4.72 Å². The van der Waals surface area contributed by atoms with Crippen LogP contribution in [0.3, 0.4) is 0 Å². The van der Waals surface area contributed by atoms with Gasteiger partial charge in [0, 0.05) is 18.2 Å². The Morgan fingerprint density at radius 1 is 1.50 bits per heavy atom. The van der Waals surface area contributed by atoms with E-state index in [1.54, 1.807) is 6.92 Å². The molecule has 22 heavy (non-hydrogen) atoms. The first kappa shape index (κ1) is 18.5. The zero-order valence-electron chi connectivity index (χ0n) is 11.9. The fourth-order valence-corrected chi connectivity index (χ4v) is 2.86. The summed E-state index contributed by atoms with van der Waals surface area (Å²) < 4.78 is 31.5. The number of hydrogen-bond donors (Lipinski definition) is 1. The molecule has 0 saturated carbocycles. The molecule has 0 radical (unpaired) electrons. The number of hydrogen-bond acceptors (Lipinski definition) is 6.